The molecule has 1 aromatic carbocycles. The molecule has 1 aromatic heterocycles. The standard InChI is InChI=1S/C21H27N3O8S/c1-21(2,3)32-19(26)22-14-8-11-24(12-14)33(28,29)17-7-5-6-16-15(17)9-10-23(18(16)25)13-31-20(27)30-4/h5-7,9-10,14H,8,11-13H2,1-4H3,(H,22,26). The van der Waals surface area contributed by atoms with E-state index in [0.29, 0.717) is 6.42 Å². The third-order valence-corrected chi connectivity index (χ3v) is 6.88. The summed E-state index contributed by atoms with van der Waals surface area (Å²) >= 11 is 0. The van der Waals surface area contributed by atoms with Gasteiger partial charge >= 0.3 is 12.2 Å². The van der Waals surface area contributed by atoms with Crippen molar-refractivity contribution in [2.24, 2.45) is 0 Å². The number of pyridine rings is 1. The van der Waals surface area contributed by atoms with E-state index in [4.69, 9.17) is 9.47 Å². The quantitative estimate of drug-likeness (QED) is 0.642. The number of rotatable bonds is 5. The fourth-order valence-corrected chi connectivity index (χ4v) is 5.18. The van der Waals surface area contributed by atoms with Gasteiger partial charge in [-0.05, 0) is 45.4 Å². The van der Waals surface area contributed by atoms with Crippen LogP contribution in [-0.2, 0) is 31.0 Å². The minimum atomic E-state index is -3.94. The molecule has 0 bridgehead atoms. The Hall–Kier alpha value is -3.12. The van der Waals surface area contributed by atoms with Crippen molar-refractivity contribution < 1.29 is 32.2 Å². The number of methoxy groups -OCH3 is 1. The van der Waals surface area contributed by atoms with Gasteiger partial charge in [0.05, 0.1) is 12.0 Å². The van der Waals surface area contributed by atoms with Crippen LogP contribution >= 0.6 is 0 Å². The van der Waals surface area contributed by atoms with Crippen molar-refractivity contribution in [1.29, 1.82) is 0 Å². The molecule has 1 fully saturated rings. The fraction of sp³-hybridized carbons (Fsp3) is 0.476. The Balaban J connectivity index is 1.82. The highest BCUT2D eigenvalue weighted by Crippen LogP contribution is 2.27. The summed E-state index contributed by atoms with van der Waals surface area (Å²) in [6.45, 7) is 5.16. The summed E-state index contributed by atoms with van der Waals surface area (Å²) in [6.07, 6.45) is 0.234. The second kappa shape index (κ2) is 9.40. The number of sulfonamides is 1. The average molecular weight is 482 g/mol. The third kappa shape index (κ3) is 5.63. The summed E-state index contributed by atoms with van der Waals surface area (Å²) in [4.78, 5) is 36.0. The predicted molar refractivity (Wildman–Crippen MR) is 118 cm³/mol. The Kier molecular flexibility index (Phi) is 6.98. The summed E-state index contributed by atoms with van der Waals surface area (Å²) in [5.41, 5.74) is -1.18. The van der Waals surface area contributed by atoms with Crippen LogP contribution in [0.1, 0.15) is 27.2 Å². The van der Waals surface area contributed by atoms with E-state index in [1.807, 2.05) is 0 Å². The zero-order valence-electron chi connectivity index (χ0n) is 18.9. The van der Waals surface area contributed by atoms with Crippen molar-refractivity contribution in [2.75, 3.05) is 20.2 Å². The molecule has 2 aromatic rings. The van der Waals surface area contributed by atoms with E-state index in [2.05, 4.69) is 10.1 Å². The highest BCUT2D eigenvalue weighted by atomic mass is 32.2. The maximum Gasteiger partial charge on any atom is 0.509 e. The number of hydrogen-bond donors (Lipinski definition) is 1. The molecule has 0 spiro atoms. The van der Waals surface area contributed by atoms with Crippen molar-refractivity contribution in [2.45, 2.75) is 50.5 Å². The van der Waals surface area contributed by atoms with Crippen LogP contribution < -0.4 is 10.9 Å². The number of carbonyl (C=O) groups excluding carboxylic acids is 2. The zero-order chi connectivity index (χ0) is 24.4. The van der Waals surface area contributed by atoms with Crippen LogP contribution in [0.15, 0.2) is 40.2 Å². The van der Waals surface area contributed by atoms with Gasteiger partial charge in [-0.2, -0.15) is 4.31 Å². The van der Waals surface area contributed by atoms with Gasteiger partial charge in [-0.3, -0.25) is 9.36 Å². The van der Waals surface area contributed by atoms with Crippen molar-refractivity contribution >= 4 is 33.0 Å². The number of fused-ring (bicyclic) bond motifs is 1. The molecule has 180 valence electrons. The van der Waals surface area contributed by atoms with Gasteiger partial charge in [0.1, 0.15) is 5.60 Å². The molecule has 33 heavy (non-hydrogen) atoms. The molecule has 1 atom stereocenters. The van der Waals surface area contributed by atoms with E-state index < -0.39 is 39.5 Å². The molecule has 11 nitrogen and oxygen atoms in total. The summed E-state index contributed by atoms with van der Waals surface area (Å²) < 4.78 is 43.5. The number of nitrogens with one attached hydrogen (secondary N) is 1. The Morgan fingerprint density at radius 1 is 1.18 bits per heavy atom. The maximum absolute atomic E-state index is 13.3. The molecular formula is C21H27N3O8S. The lowest BCUT2D eigenvalue weighted by atomic mass is 10.2. The molecule has 1 unspecified atom stereocenters. The number of alkyl carbamates (subject to hydrolysis) is 1. The highest BCUT2D eigenvalue weighted by molar-refractivity contribution is 7.89. The van der Waals surface area contributed by atoms with Crippen LogP contribution in [0.25, 0.3) is 10.8 Å². The fourth-order valence-electron chi connectivity index (χ4n) is 3.47. The minimum Gasteiger partial charge on any atom is -0.444 e. The number of aromatic nitrogens is 1. The van der Waals surface area contributed by atoms with Gasteiger partial charge in [0.15, 0.2) is 6.73 Å². The van der Waals surface area contributed by atoms with E-state index in [-0.39, 0.29) is 35.5 Å². The maximum atomic E-state index is 13.3. The summed E-state index contributed by atoms with van der Waals surface area (Å²) in [7, 11) is -2.79. The number of carbonyl (C=O) groups is 2. The Morgan fingerprint density at radius 3 is 2.58 bits per heavy atom. The summed E-state index contributed by atoms with van der Waals surface area (Å²) in [6, 6.07) is 5.51. The van der Waals surface area contributed by atoms with Gasteiger partial charge in [-0.15, -0.1) is 0 Å². The molecule has 12 heteroatoms. The number of ether oxygens (including phenoxy) is 3. The van der Waals surface area contributed by atoms with E-state index in [0.717, 1.165) is 11.7 Å². The molecule has 0 saturated carbocycles. The SMILES string of the molecule is COC(=O)OCn1ccc2c(S(=O)(=O)N3CCC(NC(=O)OC(C)(C)C)C3)cccc2c1=O. The van der Waals surface area contributed by atoms with E-state index in [1.54, 1.807) is 20.8 Å². The Bertz CT molecular complexity index is 1220. The van der Waals surface area contributed by atoms with E-state index in [9.17, 15) is 22.8 Å². The normalized spacial score (nSPS) is 17.0. The second-order valence-corrected chi connectivity index (χ2v) is 10.4. The molecular weight excluding hydrogens is 454 g/mol. The number of amides is 1. The average Bonchev–Trinajstić information content (AvgIpc) is 3.20. The molecule has 3 rings (SSSR count). The topological polar surface area (TPSA) is 133 Å². The first kappa shape index (κ1) is 24.5. The van der Waals surface area contributed by atoms with Gasteiger partial charge in [0.2, 0.25) is 10.0 Å². The first-order valence-electron chi connectivity index (χ1n) is 10.2. The van der Waals surface area contributed by atoms with Gasteiger partial charge < -0.3 is 19.5 Å². The van der Waals surface area contributed by atoms with Crippen LogP contribution in [0.2, 0.25) is 0 Å². The van der Waals surface area contributed by atoms with Gasteiger partial charge in [-0.1, -0.05) is 6.07 Å². The molecule has 1 aliphatic rings. The molecule has 2 heterocycles. The predicted octanol–water partition coefficient (Wildman–Crippen LogP) is 2.03. The largest absolute Gasteiger partial charge is 0.509 e. The van der Waals surface area contributed by atoms with Gasteiger partial charge in [0.25, 0.3) is 5.56 Å². The van der Waals surface area contributed by atoms with E-state index in [1.165, 1.54) is 34.8 Å². The van der Waals surface area contributed by atoms with Gasteiger partial charge in [0, 0.05) is 36.1 Å². The smallest absolute Gasteiger partial charge is 0.444 e. The molecule has 1 saturated heterocycles. The van der Waals surface area contributed by atoms with Crippen molar-refractivity contribution in [3.05, 3.63) is 40.8 Å². The van der Waals surface area contributed by atoms with Crippen LogP contribution in [0.4, 0.5) is 9.59 Å². The molecule has 1 N–H and O–H groups in total. The number of benzene rings is 1. The van der Waals surface area contributed by atoms with Crippen molar-refractivity contribution in [3.8, 4) is 0 Å². The van der Waals surface area contributed by atoms with Crippen LogP contribution in [0, 0.1) is 0 Å². The number of nitrogens with zero attached hydrogens (tertiary/aromatic N) is 2. The van der Waals surface area contributed by atoms with Crippen LogP contribution in [0.3, 0.4) is 0 Å². The molecule has 0 radical (unpaired) electrons. The molecule has 0 aliphatic carbocycles. The minimum absolute atomic E-state index is 0.0175. The molecule has 1 amide bonds. The highest BCUT2D eigenvalue weighted by Gasteiger charge is 2.35. The number of hydrogen-bond acceptors (Lipinski definition) is 8. The lowest BCUT2D eigenvalue weighted by Gasteiger charge is -2.22. The lowest BCUT2D eigenvalue weighted by molar-refractivity contribution is 0.0474. The first-order valence-corrected chi connectivity index (χ1v) is 11.7. The third-order valence-electron chi connectivity index (χ3n) is 4.96. The second-order valence-electron chi connectivity index (χ2n) is 8.53. The first-order chi connectivity index (χ1) is 15.4. The Morgan fingerprint density at radius 2 is 1.91 bits per heavy atom. The van der Waals surface area contributed by atoms with Crippen molar-refractivity contribution in [1.82, 2.24) is 14.2 Å². The van der Waals surface area contributed by atoms with Crippen LogP contribution in [-0.4, -0.2) is 61.4 Å². The summed E-state index contributed by atoms with van der Waals surface area (Å²) in [5, 5.41) is 3.11. The van der Waals surface area contributed by atoms with E-state index >= 15 is 0 Å². The van der Waals surface area contributed by atoms with Crippen LogP contribution in [0.5, 0.6) is 0 Å². The monoisotopic (exact) mass is 481 g/mol. The lowest BCUT2D eigenvalue weighted by Crippen LogP contribution is -2.41. The Labute approximate surface area is 191 Å². The molecule has 1 aliphatic heterocycles. The van der Waals surface area contributed by atoms with Crippen molar-refractivity contribution in [3.63, 3.8) is 0 Å². The zero-order valence-corrected chi connectivity index (χ0v) is 19.7. The summed E-state index contributed by atoms with van der Waals surface area (Å²) in [5.74, 6) is 0. The van der Waals surface area contributed by atoms with Gasteiger partial charge in [-0.25, -0.2) is 18.0 Å².